The van der Waals surface area contributed by atoms with Crippen LogP contribution in [-0.4, -0.2) is 0 Å². The number of allylic oxidation sites excluding steroid dienone is 2. The molecule has 0 N–H and O–H groups in total. The van der Waals surface area contributed by atoms with Crippen molar-refractivity contribution < 1.29 is 0 Å². The van der Waals surface area contributed by atoms with E-state index in [1.165, 1.54) is 38.9 Å². The van der Waals surface area contributed by atoms with Gasteiger partial charge in [-0.05, 0) is 75.7 Å². The number of hydrogen-bond acceptors (Lipinski definition) is 1. The molecule has 1 aliphatic carbocycles. The van der Waals surface area contributed by atoms with Crippen LogP contribution < -0.4 is 4.90 Å². The molecule has 0 bridgehead atoms. The summed E-state index contributed by atoms with van der Waals surface area (Å²) in [6.45, 7) is 8.76. The van der Waals surface area contributed by atoms with Gasteiger partial charge in [0.05, 0.1) is 0 Å². The summed E-state index contributed by atoms with van der Waals surface area (Å²) in [4.78, 5) is 2.26. The molecule has 6 rings (SSSR count). The Morgan fingerprint density at radius 3 is 1.98 bits per heavy atom. The topological polar surface area (TPSA) is 3.24 Å². The molecular weight excluding hydrogens is 482 g/mol. The molecule has 5 aromatic carbocycles. The molecule has 0 heterocycles. The van der Waals surface area contributed by atoms with Crippen molar-refractivity contribution in [3.05, 3.63) is 169 Å². The third-order valence-electron chi connectivity index (χ3n) is 8.25. The molecule has 0 spiro atoms. The van der Waals surface area contributed by atoms with E-state index in [0.717, 1.165) is 17.8 Å². The Morgan fingerprint density at radius 1 is 0.650 bits per heavy atom. The third kappa shape index (κ3) is 4.80. The highest BCUT2D eigenvalue weighted by molar-refractivity contribution is 5.83. The fourth-order valence-corrected chi connectivity index (χ4v) is 5.99. The molecular formula is C39H35N. The van der Waals surface area contributed by atoms with Crippen LogP contribution in [0.3, 0.4) is 0 Å². The lowest BCUT2D eigenvalue weighted by Crippen LogP contribution is -2.14. The average Bonchev–Trinajstić information content (AvgIpc) is 3.24. The quantitative estimate of drug-likeness (QED) is 0.185. The van der Waals surface area contributed by atoms with E-state index in [1.54, 1.807) is 0 Å². The van der Waals surface area contributed by atoms with E-state index in [4.69, 9.17) is 0 Å². The first-order valence-corrected chi connectivity index (χ1v) is 14.1. The van der Waals surface area contributed by atoms with Crippen LogP contribution >= 0.6 is 0 Å². The highest BCUT2D eigenvalue weighted by Gasteiger charge is 2.35. The van der Waals surface area contributed by atoms with Gasteiger partial charge in [-0.2, -0.15) is 0 Å². The number of anilines is 2. The Hall–Kier alpha value is -4.62. The second kappa shape index (κ2) is 10.9. The summed E-state index contributed by atoms with van der Waals surface area (Å²) in [5.74, 6) is 0.285. The van der Waals surface area contributed by atoms with Crippen LogP contribution in [0, 0.1) is 0 Å². The maximum Gasteiger partial charge on any atom is 0.0455 e. The molecule has 196 valence electrons. The van der Waals surface area contributed by atoms with E-state index in [9.17, 15) is 0 Å². The minimum atomic E-state index is -0.000171. The van der Waals surface area contributed by atoms with E-state index < -0.39 is 0 Å². The van der Waals surface area contributed by atoms with Gasteiger partial charge in [0.15, 0.2) is 0 Å². The van der Waals surface area contributed by atoms with E-state index in [-0.39, 0.29) is 11.3 Å². The van der Waals surface area contributed by atoms with E-state index in [2.05, 4.69) is 165 Å². The Balaban J connectivity index is 1.28. The minimum absolute atomic E-state index is 0.000171. The van der Waals surface area contributed by atoms with Gasteiger partial charge < -0.3 is 4.90 Å². The van der Waals surface area contributed by atoms with E-state index in [0.29, 0.717) is 0 Å². The van der Waals surface area contributed by atoms with Crippen molar-refractivity contribution in [1.29, 1.82) is 0 Å². The van der Waals surface area contributed by atoms with Crippen LogP contribution in [0.4, 0.5) is 11.4 Å². The Bertz CT molecular complexity index is 1640. The summed E-state index contributed by atoms with van der Waals surface area (Å²) in [6, 6.07) is 45.8. The predicted molar refractivity (Wildman–Crippen MR) is 171 cm³/mol. The zero-order valence-corrected chi connectivity index (χ0v) is 23.3. The summed E-state index contributed by atoms with van der Waals surface area (Å²) in [5.41, 5.74) is 11.6. The van der Waals surface area contributed by atoms with Crippen molar-refractivity contribution in [3.8, 4) is 22.3 Å². The first-order valence-electron chi connectivity index (χ1n) is 14.1. The van der Waals surface area contributed by atoms with Crippen LogP contribution in [-0.2, 0) is 5.41 Å². The molecule has 0 aliphatic heterocycles. The molecule has 40 heavy (non-hydrogen) atoms. The SMILES string of the molecule is C=CC(C/C=C/N(c1ccccc1)c1ccc(-c2ccc3c(c2)C(C)(C)c2ccccc2-3)cc1)c1ccccc1. The Labute approximate surface area is 238 Å². The first-order chi connectivity index (χ1) is 19.6. The van der Waals surface area contributed by atoms with Gasteiger partial charge in [-0.25, -0.2) is 0 Å². The summed E-state index contributed by atoms with van der Waals surface area (Å²) < 4.78 is 0. The normalized spacial score (nSPS) is 13.9. The maximum atomic E-state index is 4.08. The van der Waals surface area contributed by atoms with E-state index in [1.807, 2.05) is 6.08 Å². The predicted octanol–water partition coefficient (Wildman–Crippen LogP) is 10.7. The Kier molecular flexibility index (Phi) is 6.97. The van der Waals surface area contributed by atoms with Gasteiger partial charge in [-0.15, -0.1) is 6.58 Å². The monoisotopic (exact) mass is 517 g/mol. The second-order valence-corrected chi connectivity index (χ2v) is 11.1. The zero-order chi connectivity index (χ0) is 27.5. The summed E-state index contributed by atoms with van der Waals surface area (Å²) in [6.07, 6.45) is 7.37. The molecule has 1 aliphatic rings. The van der Waals surface area contributed by atoms with Gasteiger partial charge >= 0.3 is 0 Å². The van der Waals surface area contributed by atoms with Gasteiger partial charge in [0.25, 0.3) is 0 Å². The summed E-state index contributed by atoms with van der Waals surface area (Å²) in [7, 11) is 0. The molecule has 1 atom stereocenters. The van der Waals surface area contributed by atoms with Crippen LogP contribution in [0.15, 0.2) is 152 Å². The van der Waals surface area contributed by atoms with Crippen molar-refractivity contribution in [3.63, 3.8) is 0 Å². The standard InChI is InChI=1S/C39H35N/c1-4-29(30-14-7-5-8-15-30)16-13-27-40(33-17-9-6-10-18-33)34-24-21-31(22-25-34)32-23-26-36-35-19-11-12-20-37(35)39(2,3)38(36)28-32/h4-15,17-29H,1,16H2,2-3H3/b27-13+. The number of para-hydroxylation sites is 1. The lowest BCUT2D eigenvalue weighted by Gasteiger charge is -2.23. The fourth-order valence-electron chi connectivity index (χ4n) is 5.99. The molecule has 0 saturated carbocycles. The molecule has 5 aromatic rings. The molecule has 0 amide bonds. The van der Waals surface area contributed by atoms with Crippen LogP contribution in [0.1, 0.15) is 42.9 Å². The van der Waals surface area contributed by atoms with Gasteiger partial charge in [-0.1, -0.05) is 123 Å². The van der Waals surface area contributed by atoms with E-state index >= 15 is 0 Å². The van der Waals surface area contributed by atoms with Gasteiger partial charge in [0.2, 0.25) is 0 Å². The zero-order valence-electron chi connectivity index (χ0n) is 23.3. The molecule has 0 radical (unpaired) electrons. The molecule has 1 nitrogen and oxygen atoms in total. The number of rotatable bonds is 8. The number of hydrogen-bond donors (Lipinski definition) is 0. The van der Waals surface area contributed by atoms with Crippen molar-refractivity contribution in [2.45, 2.75) is 31.6 Å². The van der Waals surface area contributed by atoms with Gasteiger partial charge in [0.1, 0.15) is 0 Å². The summed E-state index contributed by atoms with van der Waals surface area (Å²) >= 11 is 0. The van der Waals surface area contributed by atoms with Crippen molar-refractivity contribution in [2.24, 2.45) is 0 Å². The molecule has 0 aromatic heterocycles. The smallest absolute Gasteiger partial charge is 0.0455 e. The van der Waals surface area contributed by atoms with Crippen LogP contribution in [0.2, 0.25) is 0 Å². The van der Waals surface area contributed by atoms with Crippen molar-refractivity contribution in [2.75, 3.05) is 4.90 Å². The van der Waals surface area contributed by atoms with Crippen molar-refractivity contribution in [1.82, 2.24) is 0 Å². The molecule has 1 heteroatoms. The number of benzene rings is 5. The Morgan fingerprint density at radius 2 is 1.25 bits per heavy atom. The van der Waals surface area contributed by atoms with Gasteiger partial charge in [0, 0.05) is 28.9 Å². The van der Waals surface area contributed by atoms with Crippen LogP contribution in [0.25, 0.3) is 22.3 Å². The number of fused-ring (bicyclic) bond motifs is 3. The highest BCUT2D eigenvalue weighted by Crippen LogP contribution is 2.49. The lowest BCUT2D eigenvalue weighted by atomic mass is 9.81. The highest BCUT2D eigenvalue weighted by atomic mass is 15.1. The first kappa shape index (κ1) is 25.6. The number of nitrogens with zero attached hydrogens (tertiary/aromatic N) is 1. The third-order valence-corrected chi connectivity index (χ3v) is 8.25. The van der Waals surface area contributed by atoms with Crippen LogP contribution in [0.5, 0.6) is 0 Å². The maximum absolute atomic E-state index is 4.08. The summed E-state index contributed by atoms with van der Waals surface area (Å²) in [5, 5.41) is 0. The minimum Gasteiger partial charge on any atom is -0.318 e. The largest absolute Gasteiger partial charge is 0.318 e. The second-order valence-electron chi connectivity index (χ2n) is 11.1. The van der Waals surface area contributed by atoms with Gasteiger partial charge in [-0.3, -0.25) is 0 Å². The molecule has 0 fully saturated rings. The fraction of sp³-hybridized carbons (Fsp3) is 0.128. The lowest BCUT2D eigenvalue weighted by molar-refractivity contribution is 0.660. The average molecular weight is 518 g/mol. The molecule has 0 saturated heterocycles. The van der Waals surface area contributed by atoms with Crippen molar-refractivity contribution >= 4 is 11.4 Å². The molecule has 1 unspecified atom stereocenters.